The lowest BCUT2D eigenvalue weighted by atomic mass is 10.1. The number of anilines is 1. The molecule has 1 aliphatic heterocycles. The third-order valence-corrected chi connectivity index (χ3v) is 4.30. The molecule has 1 aliphatic rings. The zero-order chi connectivity index (χ0) is 14.5. The second kappa shape index (κ2) is 6.82. The molecule has 3 rings (SSSR count). The van der Waals surface area contributed by atoms with Crippen LogP contribution in [-0.2, 0) is 4.79 Å². The molecule has 21 heavy (non-hydrogen) atoms. The van der Waals surface area contributed by atoms with Gasteiger partial charge in [0.15, 0.2) is 0 Å². The number of nitrogens with one attached hydrogen (secondary N) is 1. The second-order valence-electron chi connectivity index (χ2n) is 5.14. The van der Waals surface area contributed by atoms with Gasteiger partial charge in [-0.25, -0.2) is 0 Å². The van der Waals surface area contributed by atoms with Crippen molar-refractivity contribution in [1.29, 1.82) is 0 Å². The molecule has 1 saturated heterocycles. The number of hydrogen-bond acceptors (Lipinski definition) is 6. The first-order chi connectivity index (χ1) is 10.3. The molecule has 6 nitrogen and oxygen atoms in total. The lowest BCUT2D eigenvalue weighted by Crippen LogP contribution is -2.36. The van der Waals surface area contributed by atoms with Gasteiger partial charge < -0.3 is 4.42 Å². The summed E-state index contributed by atoms with van der Waals surface area (Å²) in [5.74, 6) is 0.894. The van der Waals surface area contributed by atoms with Crippen LogP contribution in [0.15, 0.2) is 28.3 Å². The molecule has 2 aromatic heterocycles. The average Bonchev–Trinajstić information content (AvgIpc) is 3.12. The highest BCUT2D eigenvalue weighted by Crippen LogP contribution is 2.30. The van der Waals surface area contributed by atoms with Gasteiger partial charge in [-0.1, -0.05) is 24.2 Å². The smallest absolute Gasteiger partial charge is 0.240 e. The third-order valence-electron chi connectivity index (χ3n) is 3.69. The lowest BCUT2D eigenvalue weighted by molar-refractivity contribution is -0.118. The van der Waals surface area contributed by atoms with Crippen molar-refractivity contribution in [2.24, 2.45) is 0 Å². The fourth-order valence-electron chi connectivity index (χ4n) is 2.73. The van der Waals surface area contributed by atoms with Crippen molar-refractivity contribution in [3.8, 4) is 0 Å². The fraction of sp³-hybridized carbons (Fsp3) is 0.500. The molecule has 7 heteroatoms. The van der Waals surface area contributed by atoms with Gasteiger partial charge in [-0.15, -0.1) is 10.2 Å². The lowest BCUT2D eigenvalue weighted by Gasteiger charge is -2.27. The zero-order valence-corrected chi connectivity index (χ0v) is 12.5. The van der Waals surface area contributed by atoms with Crippen molar-refractivity contribution in [2.45, 2.75) is 31.7 Å². The molecule has 1 fully saturated rings. The van der Waals surface area contributed by atoms with E-state index in [0.29, 0.717) is 11.7 Å². The number of amides is 1. The number of aromatic nitrogens is 2. The fourth-order valence-corrected chi connectivity index (χ4v) is 3.19. The Morgan fingerprint density at radius 1 is 1.48 bits per heavy atom. The van der Waals surface area contributed by atoms with E-state index in [-0.39, 0.29) is 11.9 Å². The van der Waals surface area contributed by atoms with Crippen LogP contribution in [0.1, 0.15) is 37.5 Å². The number of nitrogens with zero attached hydrogens (tertiary/aromatic N) is 3. The second-order valence-corrected chi connectivity index (χ2v) is 5.98. The molecule has 0 aliphatic carbocycles. The SMILES string of the molecule is O=C(CN1CCCCC[C@@H]1c1ccco1)Nc1nncs1. The minimum atomic E-state index is -0.0507. The maximum Gasteiger partial charge on any atom is 0.240 e. The Balaban J connectivity index is 1.66. The van der Waals surface area contributed by atoms with Crippen LogP contribution in [-0.4, -0.2) is 34.1 Å². The summed E-state index contributed by atoms with van der Waals surface area (Å²) in [6.07, 6.45) is 6.20. The number of hydrogen-bond donors (Lipinski definition) is 1. The van der Waals surface area contributed by atoms with Crippen molar-refractivity contribution >= 4 is 22.4 Å². The summed E-state index contributed by atoms with van der Waals surface area (Å²) < 4.78 is 5.55. The highest BCUT2D eigenvalue weighted by Gasteiger charge is 2.26. The van der Waals surface area contributed by atoms with Gasteiger partial charge in [-0.3, -0.25) is 15.0 Å². The van der Waals surface area contributed by atoms with E-state index in [2.05, 4.69) is 20.4 Å². The predicted octanol–water partition coefficient (Wildman–Crippen LogP) is 2.69. The Morgan fingerprint density at radius 3 is 3.19 bits per heavy atom. The van der Waals surface area contributed by atoms with Crippen molar-refractivity contribution in [3.63, 3.8) is 0 Å². The molecule has 0 bridgehead atoms. The minimum Gasteiger partial charge on any atom is -0.468 e. The molecular weight excluding hydrogens is 288 g/mol. The quantitative estimate of drug-likeness (QED) is 0.940. The molecule has 2 aromatic rings. The highest BCUT2D eigenvalue weighted by molar-refractivity contribution is 7.13. The minimum absolute atomic E-state index is 0.0507. The van der Waals surface area contributed by atoms with Gasteiger partial charge >= 0.3 is 0 Å². The summed E-state index contributed by atoms with van der Waals surface area (Å²) in [5.41, 5.74) is 1.60. The van der Waals surface area contributed by atoms with E-state index in [4.69, 9.17) is 4.42 Å². The van der Waals surface area contributed by atoms with Crippen molar-refractivity contribution in [1.82, 2.24) is 15.1 Å². The first kappa shape index (κ1) is 14.2. The van der Waals surface area contributed by atoms with E-state index in [1.807, 2.05) is 12.1 Å². The summed E-state index contributed by atoms with van der Waals surface area (Å²) in [4.78, 5) is 14.4. The van der Waals surface area contributed by atoms with Crippen LogP contribution in [0.5, 0.6) is 0 Å². The molecule has 1 amide bonds. The van der Waals surface area contributed by atoms with E-state index in [1.165, 1.54) is 24.2 Å². The Kier molecular flexibility index (Phi) is 4.62. The Labute approximate surface area is 127 Å². The third kappa shape index (κ3) is 3.68. The first-order valence-electron chi connectivity index (χ1n) is 7.16. The Hall–Kier alpha value is -1.73. The Bertz CT molecular complexity index is 556. The van der Waals surface area contributed by atoms with E-state index in [0.717, 1.165) is 25.1 Å². The molecule has 112 valence electrons. The zero-order valence-electron chi connectivity index (χ0n) is 11.7. The summed E-state index contributed by atoms with van der Waals surface area (Å²) in [6.45, 7) is 1.26. The topological polar surface area (TPSA) is 71.3 Å². The van der Waals surface area contributed by atoms with Gasteiger partial charge in [0.05, 0.1) is 18.8 Å². The van der Waals surface area contributed by atoms with Crippen molar-refractivity contribution in [2.75, 3.05) is 18.4 Å². The molecule has 0 spiro atoms. The molecule has 0 radical (unpaired) electrons. The molecule has 0 unspecified atom stereocenters. The summed E-state index contributed by atoms with van der Waals surface area (Å²) in [7, 11) is 0. The number of furan rings is 1. The van der Waals surface area contributed by atoms with Gasteiger partial charge in [0.25, 0.3) is 0 Å². The molecule has 0 aromatic carbocycles. The van der Waals surface area contributed by atoms with Gasteiger partial charge in [0, 0.05) is 0 Å². The molecule has 0 saturated carbocycles. The summed E-state index contributed by atoms with van der Waals surface area (Å²) in [5, 5.41) is 10.9. The monoisotopic (exact) mass is 306 g/mol. The highest BCUT2D eigenvalue weighted by atomic mass is 32.1. The standard InChI is InChI=1S/C14H18N4O2S/c19-13(16-14-17-15-10-21-14)9-18-7-3-1-2-5-11(18)12-6-4-8-20-12/h4,6,8,10-11H,1-3,5,7,9H2,(H,16,17,19)/t11-/m1/s1. The summed E-state index contributed by atoms with van der Waals surface area (Å²) in [6, 6.07) is 4.08. The van der Waals surface area contributed by atoms with Gasteiger partial charge in [-0.2, -0.15) is 0 Å². The number of likely N-dealkylation sites (tertiary alicyclic amines) is 1. The number of rotatable bonds is 4. The Morgan fingerprint density at radius 2 is 2.43 bits per heavy atom. The van der Waals surface area contributed by atoms with Gasteiger partial charge in [-0.05, 0) is 31.5 Å². The van der Waals surface area contributed by atoms with Crippen LogP contribution in [0, 0.1) is 0 Å². The molecule has 1 N–H and O–H groups in total. The normalized spacial score (nSPS) is 20.1. The number of carbonyl (C=O) groups excluding carboxylic acids is 1. The molecular formula is C14H18N4O2S. The predicted molar refractivity (Wildman–Crippen MR) is 80.0 cm³/mol. The van der Waals surface area contributed by atoms with Crippen LogP contribution >= 0.6 is 11.3 Å². The van der Waals surface area contributed by atoms with E-state index in [1.54, 1.807) is 11.8 Å². The largest absolute Gasteiger partial charge is 0.468 e. The molecule has 1 atom stereocenters. The van der Waals surface area contributed by atoms with E-state index >= 15 is 0 Å². The van der Waals surface area contributed by atoms with Crippen LogP contribution in [0.4, 0.5) is 5.13 Å². The summed E-state index contributed by atoms with van der Waals surface area (Å²) >= 11 is 1.32. The van der Waals surface area contributed by atoms with Gasteiger partial charge in [0.2, 0.25) is 11.0 Å². The van der Waals surface area contributed by atoms with Gasteiger partial charge in [0.1, 0.15) is 11.3 Å². The van der Waals surface area contributed by atoms with Crippen LogP contribution in [0.2, 0.25) is 0 Å². The van der Waals surface area contributed by atoms with Crippen LogP contribution < -0.4 is 5.32 Å². The van der Waals surface area contributed by atoms with E-state index < -0.39 is 0 Å². The average molecular weight is 306 g/mol. The van der Waals surface area contributed by atoms with Crippen LogP contribution in [0.3, 0.4) is 0 Å². The number of carbonyl (C=O) groups is 1. The maximum atomic E-state index is 12.2. The van der Waals surface area contributed by atoms with Crippen molar-refractivity contribution in [3.05, 3.63) is 29.7 Å². The van der Waals surface area contributed by atoms with Crippen molar-refractivity contribution < 1.29 is 9.21 Å². The maximum absolute atomic E-state index is 12.2. The van der Waals surface area contributed by atoms with E-state index in [9.17, 15) is 4.79 Å². The van der Waals surface area contributed by atoms with Crippen LogP contribution in [0.25, 0.3) is 0 Å². The molecule has 3 heterocycles. The first-order valence-corrected chi connectivity index (χ1v) is 8.04.